The first kappa shape index (κ1) is 17.4. The Balaban J connectivity index is 2.05. The monoisotopic (exact) mass is 373 g/mol. The van der Waals surface area contributed by atoms with Crippen LogP contribution in [0.2, 0.25) is 0 Å². The van der Waals surface area contributed by atoms with E-state index >= 15 is 0 Å². The molecule has 0 unspecified atom stereocenters. The van der Waals surface area contributed by atoms with E-state index in [1.54, 1.807) is 18.2 Å². The molecule has 0 aliphatic rings. The second-order valence-corrected chi connectivity index (χ2v) is 8.58. The van der Waals surface area contributed by atoms with Gasteiger partial charge in [0.1, 0.15) is 0 Å². The van der Waals surface area contributed by atoms with Crippen molar-refractivity contribution in [1.82, 2.24) is 4.98 Å². The summed E-state index contributed by atoms with van der Waals surface area (Å²) in [5.41, 5.74) is 4.10. The third-order valence-corrected chi connectivity index (χ3v) is 6.49. The molecule has 0 amide bonds. The Morgan fingerprint density at radius 2 is 1.44 bits per heavy atom. The molecule has 0 aliphatic heterocycles. The van der Waals surface area contributed by atoms with Gasteiger partial charge in [0.15, 0.2) is 0 Å². The Morgan fingerprint density at radius 3 is 2.19 bits per heavy atom. The molecule has 27 heavy (non-hydrogen) atoms. The van der Waals surface area contributed by atoms with Crippen LogP contribution in [0.3, 0.4) is 0 Å². The van der Waals surface area contributed by atoms with Gasteiger partial charge in [-0.15, -0.1) is 0 Å². The lowest BCUT2D eigenvalue weighted by Gasteiger charge is -2.14. The maximum Gasteiger partial charge on any atom is 0.208 e. The van der Waals surface area contributed by atoms with Crippen molar-refractivity contribution in [3.8, 4) is 11.3 Å². The number of fused-ring (bicyclic) bond motifs is 1. The predicted octanol–water partition coefficient (Wildman–Crippen LogP) is 5.35. The van der Waals surface area contributed by atoms with E-state index in [0.29, 0.717) is 5.69 Å². The number of rotatable bonds is 3. The molecule has 4 aromatic rings. The Morgan fingerprint density at radius 1 is 0.778 bits per heavy atom. The quantitative estimate of drug-likeness (QED) is 0.486. The lowest BCUT2D eigenvalue weighted by Crippen LogP contribution is -2.06. The first-order valence-corrected chi connectivity index (χ1v) is 10.2. The number of para-hydroxylation sites is 1. The van der Waals surface area contributed by atoms with E-state index in [1.165, 1.54) is 0 Å². The molecule has 0 spiro atoms. The van der Waals surface area contributed by atoms with Crippen LogP contribution in [0.4, 0.5) is 0 Å². The molecule has 0 saturated carbocycles. The van der Waals surface area contributed by atoms with Crippen molar-refractivity contribution in [2.45, 2.75) is 23.6 Å². The Bertz CT molecular complexity index is 1240. The highest BCUT2D eigenvalue weighted by atomic mass is 32.2. The van der Waals surface area contributed by atoms with Crippen LogP contribution >= 0.6 is 0 Å². The summed E-state index contributed by atoms with van der Waals surface area (Å²) < 4.78 is 26.9. The van der Waals surface area contributed by atoms with Gasteiger partial charge >= 0.3 is 0 Å². The molecule has 0 N–H and O–H groups in total. The number of sulfone groups is 1. The zero-order chi connectivity index (χ0) is 19.0. The van der Waals surface area contributed by atoms with Crippen molar-refractivity contribution in [1.29, 1.82) is 0 Å². The number of pyridine rings is 1. The maximum atomic E-state index is 13.5. The fourth-order valence-electron chi connectivity index (χ4n) is 3.18. The number of aromatic nitrogens is 1. The van der Waals surface area contributed by atoms with Gasteiger partial charge in [0, 0.05) is 10.9 Å². The highest BCUT2D eigenvalue weighted by Crippen LogP contribution is 2.34. The standard InChI is InChI=1S/C23H19NO2S/c1-16-11-13-19(14-12-16)27(25,26)22-15-18-8-4-6-10-21(18)24-23(22)20-9-5-3-7-17(20)2/h3-15H,1-2H3. The summed E-state index contributed by atoms with van der Waals surface area (Å²) in [5.74, 6) is 0. The molecule has 3 aromatic carbocycles. The molecule has 0 atom stereocenters. The second-order valence-electron chi connectivity index (χ2n) is 6.66. The van der Waals surface area contributed by atoms with Crippen molar-refractivity contribution in [3.63, 3.8) is 0 Å². The molecule has 0 fully saturated rings. The van der Waals surface area contributed by atoms with Gasteiger partial charge in [-0.25, -0.2) is 13.4 Å². The minimum Gasteiger partial charge on any atom is -0.246 e. The molecular weight excluding hydrogens is 354 g/mol. The molecule has 0 bridgehead atoms. The van der Waals surface area contributed by atoms with Crippen molar-refractivity contribution in [2.24, 2.45) is 0 Å². The molecule has 0 saturated heterocycles. The smallest absolute Gasteiger partial charge is 0.208 e. The summed E-state index contributed by atoms with van der Waals surface area (Å²) in [6, 6.07) is 24.0. The lowest BCUT2D eigenvalue weighted by molar-refractivity contribution is 0.596. The summed E-state index contributed by atoms with van der Waals surface area (Å²) >= 11 is 0. The topological polar surface area (TPSA) is 47.0 Å². The first-order valence-electron chi connectivity index (χ1n) is 8.74. The van der Waals surface area contributed by atoms with E-state index in [2.05, 4.69) is 0 Å². The van der Waals surface area contributed by atoms with Crippen LogP contribution in [0.5, 0.6) is 0 Å². The maximum absolute atomic E-state index is 13.5. The van der Waals surface area contributed by atoms with Crippen LogP contribution < -0.4 is 0 Å². The summed E-state index contributed by atoms with van der Waals surface area (Å²) in [6.07, 6.45) is 0. The molecule has 1 heterocycles. The fourth-order valence-corrected chi connectivity index (χ4v) is 4.62. The van der Waals surface area contributed by atoms with Gasteiger partial charge in [-0.3, -0.25) is 0 Å². The molecule has 0 aliphatic carbocycles. The number of aryl methyl sites for hydroxylation is 2. The van der Waals surface area contributed by atoms with Crippen LogP contribution in [0.25, 0.3) is 22.2 Å². The van der Waals surface area contributed by atoms with Gasteiger partial charge in [0.25, 0.3) is 0 Å². The number of hydrogen-bond acceptors (Lipinski definition) is 3. The van der Waals surface area contributed by atoms with Crippen LogP contribution in [-0.4, -0.2) is 13.4 Å². The Labute approximate surface area is 159 Å². The summed E-state index contributed by atoms with van der Waals surface area (Å²) in [5, 5.41) is 0.806. The summed E-state index contributed by atoms with van der Waals surface area (Å²) in [7, 11) is -3.71. The Kier molecular flexibility index (Phi) is 4.28. The van der Waals surface area contributed by atoms with Crippen LogP contribution in [0.1, 0.15) is 11.1 Å². The van der Waals surface area contributed by atoms with Gasteiger partial charge in [-0.05, 0) is 43.7 Å². The SMILES string of the molecule is Cc1ccc(S(=O)(=O)c2cc3ccccc3nc2-c2ccccc2C)cc1. The third kappa shape index (κ3) is 3.13. The molecule has 3 nitrogen and oxygen atoms in total. The van der Waals surface area contributed by atoms with Gasteiger partial charge in [-0.2, -0.15) is 0 Å². The van der Waals surface area contributed by atoms with E-state index in [9.17, 15) is 8.42 Å². The van der Waals surface area contributed by atoms with Gasteiger partial charge in [0.2, 0.25) is 9.84 Å². The largest absolute Gasteiger partial charge is 0.246 e. The molecule has 4 heteroatoms. The highest BCUT2D eigenvalue weighted by molar-refractivity contribution is 7.91. The molecule has 134 valence electrons. The molecule has 1 aromatic heterocycles. The van der Waals surface area contributed by atoms with Gasteiger partial charge in [-0.1, -0.05) is 60.2 Å². The molecular formula is C23H19NO2S. The minimum atomic E-state index is -3.71. The molecule has 0 radical (unpaired) electrons. The van der Waals surface area contributed by atoms with Crippen LogP contribution in [0.15, 0.2) is 88.7 Å². The first-order chi connectivity index (χ1) is 13.0. The average Bonchev–Trinajstić information content (AvgIpc) is 2.68. The summed E-state index contributed by atoms with van der Waals surface area (Å²) in [4.78, 5) is 5.25. The number of hydrogen-bond donors (Lipinski definition) is 0. The fraction of sp³-hybridized carbons (Fsp3) is 0.0870. The Hall–Kier alpha value is -2.98. The van der Waals surface area contributed by atoms with Crippen molar-refractivity contribution >= 4 is 20.7 Å². The zero-order valence-electron chi connectivity index (χ0n) is 15.2. The second kappa shape index (κ2) is 6.63. The number of nitrogens with zero attached hydrogens (tertiary/aromatic N) is 1. The van der Waals surface area contributed by atoms with Gasteiger partial charge in [0.05, 0.1) is 21.0 Å². The lowest BCUT2D eigenvalue weighted by atomic mass is 10.0. The number of benzene rings is 3. The minimum absolute atomic E-state index is 0.236. The van der Waals surface area contributed by atoms with Gasteiger partial charge < -0.3 is 0 Å². The normalized spacial score (nSPS) is 11.6. The summed E-state index contributed by atoms with van der Waals surface area (Å²) in [6.45, 7) is 3.90. The zero-order valence-corrected chi connectivity index (χ0v) is 16.0. The van der Waals surface area contributed by atoms with E-state index in [0.717, 1.165) is 27.6 Å². The highest BCUT2D eigenvalue weighted by Gasteiger charge is 2.24. The van der Waals surface area contributed by atoms with Crippen LogP contribution in [-0.2, 0) is 9.84 Å². The van der Waals surface area contributed by atoms with E-state index in [1.807, 2.05) is 74.5 Å². The predicted molar refractivity (Wildman–Crippen MR) is 109 cm³/mol. The third-order valence-electron chi connectivity index (χ3n) is 4.71. The van der Waals surface area contributed by atoms with E-state index in [4.69, 9.17) is 4.98 Å². The van der Waals surface area contributed by atoms with E-state index < -0.39 is 9.84 Å². The average molecular weight is 373 g/mol. The van der Waals surface area contributed by atoms with Crippen molar-refractivity contribution in [3.05, 3.63) is 90.0 Å². The van der Waals surface area contributed by atoms with Crippen molar-refractivity contribution in [2.75, 3.05) is 0 Å². The van der Waals surface area contributed by atoms with Crippen LogP contribution in [0, 0.1) is 13.8 Å². The molecule has 4 rings (SSSR count). The van der Waals surface area contributed by atoms with Crippen molar-refractivity contribution < 1.29 is 8.42 Å². The van der Waals surface area contributed by atoms with E-state index in [-0.39, 0.29) is 9.79 Å².